The second kappa shape index (κ2) is 6.76. The Labute approximate surface area is 148 Å². The molecule has 2 fully saturated rings. The van der Waals surface area contributed by atoms with E-state index in [0.717, 1.165) is 11.1 Å². The van der Waals surface area contributed by atoms with Crippen molar-refractivity contribution in [3.63, 3.8) is 0 Å². The summed E-state index contributed by atoms with van der Waals surface area (Å²) in [6, 6.07) is 4.93. The minimum atomic E-state index is -3.57. The molecule has 2 heterocycles. The zero-order chi connectivity index (χ0) is 18.2. The van der Waals surface area contributed by atoms with Crippen molar-refractivity contribution in [1.82, 2.24) is 14.5 Å². The first kappa shape index (κ1) is 17.9. The van der Waals surface area contributed by atoms with Crippen LogP contribution >= 0.6 is 0 Å². The lowest BCUT2D eigenvalue weighted by Crippen LogP contribution is -2.54. The van der Waals surface area contributed by atoms with Crippen molar-refractivity contribution in [1.29, 1.82) is 0 Å². The average Bonchev–Trinajstić information content (AvgIpc) is 3.03. The molecular formula is C17H23N3O4S. The number of piperazine rings is 1. The monoisotopic (exact) mass is 365 g/mol. The molecule has 7 nitrogen and oxygen atoms in total. The number of carbonyl (C=O) groups excluding carboxylic acids is 2. The molecule has 0 aliphatic carbocycles. The summed E-state index contributed by atoms with van der Waals surface area (Å²) in [6.07, 6.45) is 0.885. The highest BCUT2D eigenvalue weighted by atomic mass is 32.2. The molecule has 25 heavy (non-hydrogen) atoms. The van der Waals surface area contributed by atoms with Crippen LogP contribution in [0.2, 0.25) is 0 Å². The third-order valence-electron chi connectivity index (χ3n) is 4.81. The van der Waals surface area contributed by atoms with E-state index in [0.29, 0.717) is 30.8 Å². The number of rotatable bonds is 3. The fraction of sp³-hybridized carbons (Fsp3) is 0.529. The van der Waals surface area contributed by atoms with Crippen molar-refractivity contribution in [3.05, 3.63) is 29.3 Å². The molecule has 0 bridgehead atoms. The molecule has 1 aromatic carbocycles. The zero-order valence-electron chi connectivity index (χ0n) is 14.5. The first-order valence-corrected chi connectivity index (χ1v) is 9.88. The van der Waals surface area contributed by atoms with E-state index in [1.54, 1.807) is 17.9 Å². The van der Waals surface area contributed by atoms with Crippen LogP contribution in [0.1, 0.15) is 24.0 Å². The smallest absolute Gasteiger partial charge is 0.245 e. The Hall–Kier alpha value is -1.93. The predicted molar refractivity (Wildman–Crippen MR) is 92.4 cm³/mol. The average molecular weight is 365 g/mol. The lowest BCUT2D eigenvalue weighted by Gasteiger charge is -2.35. The summed E-state index contributed by atoms with van der Waals surface area (Å²) in [5, 5.41) is 2.67. The first-order valence-electron chi connectivity index (χ1n) is 8.44. The van der Waals surface area contributed by atoms with Crippen molar-refractivity contribution < 1.29 is 18.0 Å². The van der Waals surface area contributed by atoms with E-state index >= 15 is 0 Å². The van der Waals surface area contributed by atoms with Gasteiger partial charge in [0.15, 0.2) is 0 Å². The van der Waals surface area contributed by atoms with Gasteiger partial charge in [-0.3, -0.25) is 9.59 Å². The maximum Gasteiger partial charge on any atom is 0.245 e. The summed E-state index contributed by atoms with van der Waals surface area (Å²) < 4.78 is 27.2. The lowest BCUT2D eigenvalue weighted by molar-refractivity contribution is -0.135. The van der Waals surface area contributed by atoms with Gasteiger partial charge in [-0.15, -0.1) is 0 Å². The Morgan fingerprint density at radius 1 is 1.16 bits per heavy atom. The van der Waals surface area contributed by atoms with Crippen molar-refractivity contribution in [3.8, 4) is 0 Å². The maximum absolute atomic E-state index is 12.9. The molecule has 1 unspecified atom stereocenters. The molecule has 136 valence electrons. The minimum Gasteiger partial charge on any atom is -0.344 e. The number of nitrogens with one attached hydrogen (secondary N) is 1. The fourth-order valence-corrected chi connectivity index (χ4v) is 5.02. The second-order valence-corrected chi connectivity index (χ2v) is 8.56. The van der Waals surface area contributed by atoms with Gasteiger partial charge < -0.3 is 10.2 Å². The fourth-order valence-electron chi connectivity index (χ4n) is 3.29. The third-order valence-corrected chi connectivity index (χ3v) is 6.85. The van der Waals surface area contributed by atoms with Crippen molar-refractivity contribution in [2.75, 3.05) is 26.2 Å². The van der Waals surface area contributed by atoms with Crippen LogP contribution in [0.5, 0.6) is 0 Å². The van der Waals surface area contributed by atoms with E-state index in [1.807, 2.05) is 19.1 Å². The molecule has 8 heteroatoms. The molecule has 2 saturated heterocycles. The second-order valence-electron chi connectivity index (χ2n) is 6.66. The van der Waals surface area contributed by atoms with Crippen LogP contribution in [-0.4, -0.2) is 61.7 Å². The molecule has 0 spiro atoms. The van der Waals surface area contributed by atoms with E-state index in [2.05, 4.69) is 5.32 Å². The van der Waals surface area contributed by atoms with Crippen LogP contribution in [-0.2, 0) is 19.6 Å². The summed E-state index contributed by atoms with van der Waals surface area (Å²) in [5.41, 5.74) is 1.62. The van der Waals surface area contributed by atoms with Crippen LogP contribution in [0, 0.1) is 13.8 Å². The van der Waals surface area contributed by atoms with Gasteiger partial charge in [0.2, 0.25) is 21.8 Å². The zero-order valence-corrected chi connectivity index (χ0v) is 15.3. The number of amides is 2. The van der Waals surface area contributed by atoms with Crippen LogP contribution < -0.4 is 5.32 Å². The normalized spacial score (nSPS) is 22.1. The van der Waals surface area contributed by atoms with Crippen molar-refractivity contribution >= 4 is 21.8 Å². The van der Waals surface area contributed by atoms with Gasteiger partial charge in [0, 0.05) is 32.6 Å². The molecule has 2 aliphatic heterocycles. The highest BCUT2D eigenvalue weighted by Gasteiger charge is 2.35. The van der Waals surface area contributed by atoms with Crippen LogP contribution in [0.4, 0.5) is 0 Å². The quantitative estimate of drug-likeness (QED) is 0.841. The van der Waals surface area contributed by atoms with Gasteiger partial charge in [-0.25, -0.2) is 8.42 Å². The van der Waals surface area contributed by atoms with Gasteiger partial charge in [0.25, 0.3) is 0 Å². The van der Waals surface area contributed by atoms with E-state index < -0.39 is 16.1 Å². The van der Waals surface area contributed by atoms with Crippen LogP contribution in [0.15, 0.2) is 23.1 Å². The predicted octanol–water partition coefficient (Wildman–Crippen LogP) is 0.415. The van der Waals surface area contributed by atoms with Crippen LogP contribution in [0.25, 0.3) is 0 Å². The topological polar surface area (TPSA) is 86.8 Å². The number of carbonyl (C=O) groups is 2. The summed E-state index contributed by atoms with van der Waals surface area (Å²) in [5.74, 6) is -0.218. The minimum absolute atomic E-state index is 0.102. The third kappa shape index (κ3) is 3.55. The molecule has 0 aromatic heterocycles. The SMILES string of the molecule is Cc1ccc(C)c(S(=O)(=O)N2CCN(C(=O)C3CCC(=O)N3)CC2)c1. The van der Waals surface area contributed by atoms with E-state index in [4.69, 9.17) is 0 Å². The Bertz CT molecular complexity index is 798. The molecular weight excluding hydrogens is 342 g/mol. The number of hydrogen-bond acceptors (Lipinski definition) is 4. The number of nitrogens with zero attached hydrogens (tertiary/aromatic N) is 2. The van der Waals surface area contributed by atoms with Gasteiger partial charge >= 0.3 is 0 Å². The molecule has 0 radical (unpaired) electrons. The molecule has 3 rings (SSSR count). The summed E-state index contributed by atoms with van der Waals surface area (Å²) in [7, 11) is -3.57. The van der Waals surface area contributed by atoms with Gasteiger partial charge in [-0.2, -0.15) is 4.31 Å². The largest absolute Gasteiger partial charge is 0.344 e. The summed E-state index contributed by atoms with van der Waals surface area (Å²) in [4.78, 5) is 25.7. The number of sulfonamides is 1. The molecule has 0 saturated carbocycles. The van der Waals surface area contributed by atoms with E-state index in [1.165, 1.54) is 4.31 Å². The van der Waals surface area contributed by atoms with Gasteiger partial charge in [-0.1, -0.05) is 12.1 Å². The maximum atomic E-state index is 12.9. The van der Waals surface area contributed by atoms with Crippen molar-refractivity contribution in [2.45, 2.75) is 37.6 Å². The number of aryl methyl sites for hydroxylation is 2. The number of benzene rings is 1. The highest BCUT2D eigenvalue weighted by Crippen LogP contribution is 2.23. The van der Waals surface area contributed by atoms with Gasteiger partial charge in [0.05, 0.1) is 4.90 Å². The van der Waals surface area contributed by atoms with Crippen molar-refractivity contribution in [2.24, 2.45) is 0 Å². The van der Waals surface area contributed by atoms with Gasteiger partial charge in [0.1, 0.15) is 6.04 Å². The summed E-state index contributed by atoms with van der Waals surface area (Å²) in [6.45, 7) is 4.87. The standard InChI is InChI=1S/C17H23N3O4S/c1-12-3-4-13(2)15(11-12)25(23,24)20-9-7-19(8-10-20)17(22)14-5-6-16(21)18-14/h3-4,11,14H,5-10H2,1-2H3,(H,18,21). The molecule has 2 aliphatic rings. The van der Waals surface area contributed by atoms with E-state index in [-0.39, 0.29) is 24.9 Å². The number of hydrogen-bond donors (Lipinski definition) is 1. The lowest BCUT2D eigenvalue weighted by atomic mass is 10.2. The first-order chi connectivity index (χ1) is 11.8. The molecule has 1 aromatic rings. The molecule has 1 atom stereocenters. The van der Waals surface area contributed by atoms with E-state index in [9.17, 15) is 18.0 Å². The molecule has 2 amide bonds. The Morgan fingerprint density at radius 2 is 1.84 bits per heavy atom. The highest BCUT2D eigenvalue weighted by molar-refractivity contribution is 7.89. The summed E-state index contributed by atoms with van der Waals surface area (Å²) >= 11 is 0. The Balaban J connectivity index is 1.68. The Morgan fingerprint density at radius 3 is 2.44 bits per heavy atom. The van der Waals surface area contributed by atoms with Gasteiger partial charge in [-0.05, 0) is 37.5 Å². The van der Waals surface area contributed by atoms with Crippen LogP contribution in [0.3, 0.4) is 0 Å². The Kier molecular flexibility index (Phi) is 4.83. The molecule has 1 N–H and O–H groups in total.